The Labute approximate surface area is 80.7 Å². The molecular weight excluding hydrogens is 189 g/mol. The normalized spacial score (nSPS) is 19.4. The summed E-state index contributed by atoms with van der Waals surface area (Å²) in [5, 5.41) is 0. The van der Waals surface area contributed by atoms with E-state index in [0.717, 1.165) is 6.42 Å². The SMILES string of the molecule is Fc1ccc(C2(C(F)F)CCC2)cc1. The fourth-order valence-electron chi connectivity index (χ4n) is 1.97. The molecule has 0 N–H and O–H groups in total. The van der Waals surface area contributed by atoms with Crippen LogP contribution in [0.25, 0.3) is 0 Å². The van der Waals surface area contributed by atoms with Crippen molar-refractivity contribution in [3.05, 3.63) is 35.6 Å². The Morgan fingerprint density at radius 1 is 1.07 bits per heavy atom. The highest BCUT2D eigenvalue weighted by Gasteiger charge is 2.46. The molecule has 0 bridgehead atoms. The first-order chi connectivity index (χ1) is 6.65. The third kappa shape index (κ3) is 1.31. The second-order valence-electron chi connectivity index (χ2n) is 3.82. The van der Waals surface area contributed by atoms with Gasteiger partial charge < -0.3 is 0 Å². The maximum Gasteiger partial charge on any atom is 0.248 e. The molecule has 0 nitrogen and oxygen atoms in total. The lowest BCUT2D eigenvalue weighted by molar-refractivity contribution is 0.000797. The lowest BCUT2D eigenvalue weighted by atomic mass is 9.65. The van der Waals surface area contributed by atoms with Crippen LogP contribution in [0, 0.1) is 5.82 Å². The largest absolute Gasteiger partial charge is 0.248 e. The molecule has 0 aliphatic heterocycles. The number of rotatable bonds is 2. The molecule has 2 rings (SSSR count). The minimum Gasteiger partial charge on any atom is -0.210 e. The van der Waals surface area contributed by atoms with Gasteiger partial charge in [-0.3, -0.25) is 0 Å². The average molecular weight is 200 g/mol. The Hall–Kier alpha value is -0.990. The van der Waals surface area contributed by atoms with Gasteiger partial charge in [0.05, 0.1) is 5.41 Å². The van der Waals surface area contributed by atoms with Crippen LogP contribution in [-0.2, 0) is 5.41 Å². The second kappa shape index (κ2) is 3.30. The van der Waals surface area contributed by atoms with Crippen molar-refractivity contribution in [1.29, 1.82) is 0 Å². The highest BCUT2D eigenvalue weighted by molar-refractivity contribution is 5.29. The lowest BCUT2D eigenvalue weighted by Gasteiger charge is -2.41. The molecule has 0 unspecified atom stereocenters. The third-order valence-electron chi connectivity index (χ3n) is 3.08. The highest BCUT2D eigenvalue weighted by atomic mass is 19.3. The van der Waals surface area contributed by atoms with Crippen LogP contribution in [0.2, 0.25) is 0 Å². The van der Waals surface area contributed by atoms with Crippen LogP contribution in [0.15, 0.2) is 24.3 Å². The molecule has 1 aromatic rings. The van der Waals surface area contributed by atoms with E-state index in [2.05, 4.69) is 0 Å². The minimum atomic E-state index is -2.35. The average Bonchev–Trinajstić information content (AvgIpc) is 2.05. The molecule has 76 valence electrons. The zero-order chi connectivity index (χ0) is 10.2. The summed E-state index contributed by atoms with van der Waals surface area (Å²) in [6.07, 6.45) is -0.490. The number of benzene rings is 1. The first-order valence-electron chi connectivity index (χ1n) is 4.69. The van der Waals surface area contributed by atoms with Gasteiger partial charge >= 0.3 is 0 Å². The molecule has 3 heteroatoms. The van der Waals surface area contributed by atoms with Crippen molar-refractivity contribution in [1.82, 2.24) is 0 Å². The summed E-state index contributed by atoms with van der Waals surface area (Å²) in [5.41, 5.74) is -0.423. The van der Waals surface area contributed by atoms with Crippen LogP contribution in [0.5, 0.6) is 0 Å². The monoisotopic (exact) mass is 200 g/mol. The molecule has 0 aromatic heterocycles. The van der Waals surface area contributed by atoms with Crippen LogP contribution in [0.1, 0.15) is 24.8 Å². The smallest absolute Gasteiger partial charge is 0.210 e. The zero-order valence-electron chi connectivity index (χ0n) is 7.64. The fraction of sp³-hybridized carbons (Fsp3) is 0.455. The predicted octanol–water partition coefficient (Wildman–Crippen LogP) is 3.51. The standard InChI is InChI=1S/C11H11F3/c12-9-4-2-8(3-5-9)11(10(13)14)6-1-7-11/h2-5,10H,1,6-7H2. The molecule has 14 heavy (non-hydrogen) atoms. The minimum absolute atomic E-state index is 0.377. The summed E-state index contributed by atoms with van der Waals surface area (Å²) in [7, 11) is 0. The maximum atomic E-state index is 12.8. The van der Waals surface area contributed by atoms with Crippen LogP contribution in [0.3, 0.4) is 0 Å². The van der Waals surface area contributed by atoms with Gasteiger partial charge in [0.1, 0.15) is 5.82 Å². The summed E-state index contributed by atoms with van der Waals surface area (Å²) in [5.74, 6) is -0.377. The van der Waals surface area contributed by atoms with Gasteiger partial charge in [-0.05, 0) is 30.5 Å². The van der Waals surface area contributed by atoms with Gasteiger partial charge in [-0.1, -0.05) is 18.6 Å². The lowest BCUT2D eigenvalue weighted by Crippen LogP contribution is -2.41. The quantitative estimate of drug-likeness (QED) is 0.685. The van der Waals surface area contributed by atoms with Gasteiger partial charge in [-0.25, -0.2) is 13.2 Å². The molecule has 0 amide bonds. The van der Waals surface area contributed by atoms with E-state index in [9.17, 15) is 13.2 Å². The van der Waals surface area contributed by atoms with Crippen molar-refractivity contribution >= 4 is 0 Å². The summed E-state index contributed by atoms with van der Waals surface area (Å²) in [6, 6.07) is 5.44. The zero-order valence-corrected chi connectivity index (χ0v) is 7.64. The first kappa shape index (κ1) is 9.56. The first-order valence-corrected chi connectivity index (χ1v) is 4.69. The fourth-order valence-corrected chi connectivity index (χ4v) is 1.97. The summed E-state index contributed by atoms with van der Waals surface area (Å²) < 4.78 is 38.3. The summed E-state index contributed by atoms with van der Waals surface area (Å²) >= 11 is 0. The predicted molar refractivity (Wildman–Crippen MR) is 47.9 cm³/mol. The van der Waals surface area contributed by atoms with Gasteiger partial charge in [0.15, 0.2) is 0 Å². The molecular formula is C11H11F3. The second-order valence-corrected chi connectivity index (χ2v) is 3.82. The topological polar surface area (TPSA) is 0 Å². The summed E-state index contributed by atoms with van der Waals surface area (Å²) in [4.78, 5) is 0. The molecule has 0 spiro atoms. The summed E-state index contributed by atoms with van der Waals surface area (Å²) in [6.45, 7) is 0. The van der Waals surface area contributed by atoms with E-state index in [1.165, 1.54) is 24.3 Å². The van der Waals surface area contributed by atoms with Crippen LogP contribution >= 0.6 is 0 Å². The van der Waals surface area contributed by atoms with Gasteiger partial charge in [0, 0.05) is 0 Å². The molecule has 0 atom stereocenters. The van der Waals surface area contributed by atoms with E-state index in [1.807, 2.05) is 0 Å². The van der Waals surface area contributed by atoms with E-state index >= 15 is 0 Å². The van der Waals surface area contributed by atoms with Crippen molar-refractivity contribution < 1.29 is 13.2 Å². The van der Waals surface area contributed by atoms with E-state index in [-0.39, 0.29) is 5.82 Å². The van der Waals surface area contributed by atoms with Crippen LogP contribution in [0.4, 0.5) is 13.2 Å². The van der Waals surface area contributed by atoms with Crippen molar-refractivity contribution in [2.75, 3.05) is 0 Å². The third-order valence-corrected chi connectivity index (χ3v) is 3.08. The molecule has 0 radical (unpaired) electrons. The highest BCUT2D eigenvalue weighted by Crippen LogP contribution is 2.48. The molecule has 1 saturated carbocycles. The maximum absolute atomic E-state index is 12.8. The Morgan fingerprint density at radius 2 is 1.64 bits per heavy atom. The van der Waals surface area contributed by atoms with Crippen molar-refractivity contribution in [3.8, 4) is 0 Å². The van der Waals surface area contributed by atoms with E-state index in [0.29, 0.717) is 18.4 Å². The van der Waals surface area contributed by atoms with Gasteiger partial charge in [-0.2, -0.15) is 0 Å². The molecule has 0 saturated heterocycles. The van der Waals surface area contributed by atoms with Crippen molar-refractivity contribution in [2.24, 2.45) is 0 Å². The molecule has 1 aromatic carbocycles. The van der Waals surface area contributed by atoms with E-state index in [4.69, 9.17) is 0 Å². The molecule has 1 aliphatic carbocycles. The van der Waals surface area contributed by atoms with Gasteiger partial charge in [-0.15, -0.1) is 0 Å². The molecule has 0 heterocycles. The van der Waals surface area contributed by atoms with E-state index in [1.54, 1.807) is 0 Å². The Morgan fingerprint density at radius 3 is 2.00 bits per heavy atom. The molecule has 1 fully saturated rings. The Balaban J connectivity index is 2.32. The van der Waals surface area contributed by atoms with E-state index < -0.39 is 11.8 Å². The Kier molecular flexibility index (Phi) is 2.25. The van der Waals surface area contributed by atoms with Gasteiger partial charge in [0.2, 0.25) is 6.43 Å². The number of halogens is 3. The van der Waals surface area contributed by atoms with Crippen LogP contribution < -0.4 is 0 Å². The number of alkyl halides is 2. The molecule has 1 aliphatic rings. The van der Waals surface area contributed by atoms with Crippen molar-refractivity contribution in [2.45, 2.75) is 31.1 Å². The Bertz CT molecular complexity index is 312. The number of hydrogen-bond donors (Lipinski definition) is 0. The van der Waals surface area contributed by atoms with Crippen LogP contribution in [-0.4, -0.2) is 6.43 Å². The number of hydrogen-bond acceptors (Lipinski definition) is 0. The van der Waals surface area contributed by atoms with Gasteiger partial charge in [0.25, 0.3) is 0 Å². The van der Waals surface area contributed by atoms with Crippen molar-refractivity contribution in [3.63, 3.8) is 0 Å².